The average Bonchev–Trinajstić information content (AvgIpc) is 2.85. The summed E-state index contributed by atoms with van der Waals surface area (Å²) < 4.78 is 2.85. The van der Waals surface area contributed by atoms with Crippen LogP contribution in [-0.2, 0) is 6.54 Å². The maximum atomic E-state index is 6.39. The van der Waals surface area contributed by atoms with Crippen molar-refractivity contribution in [2.75, 3.05) is 0 Å². The van der Waals surface area contributed by atoms with Gasteiger partial charge in [0, 0.05) is 20.6 Å². The molecule has 3 N–H and O–H groups in total. The van der Waals surface area contributed by atoms with Gasteiger partial charge in [-0.2, -0.15) is 5.10 Å². The normalized spacial score (nSPS) is 10.6. The van der Waals surface area contributed by atoms with Crippen LogP contribution in [0.1, 0.15) is 11.3 Å². The molecular formula is C17H15BrCl3N3O. The minimum absolute atomic E-state index is 0. The fraction of sp³-hybridized carbons (Fsp3) is 0.118. The van der Waals surface area contributed by atoms with Crippen LogP contribution in [0.15, 0.2) is 46.9 Å². The molecule has 1 heterocycles. The minimum atomic E-state index is 0. The third-order valence-electron chi connectivity index (χ3n) is 3.71. The molecule has 0 bridgehead atoms. The molecule has 132 valence electrons. The predicted molar refractivity (Wildman–Crippen MR) is 108 cm³/mol. The first-order chi connectivity index (χ1) is 11.5. The van der Waals surface area contributed by atoms with E-state index < -0.39 is 0 Å². The second-order valence-corrected chi connectivity index (χ2v) is 7.27. The highest BCUT2D eigenvalue weighted by Gasteiger charge is 2.18. The first-order valence-corrected chi connectivity index (χ1v) is 9.07. The summed E-state index contributed by atoms with van der Waals surface area (Å²) in [6, 6.07) is 13.4. The first-order valence-electron chi connectivity index (χ1n) is 7.14. The molecule has 0 unspecified atom stereocenters. The Morgan fingerprint density at radius 2 is 1.80 bits per heavy atom. The molecule has 0 saturated carbocycles. The molecule has 0 amide bonds. The molecule has 3 aromatic rings. The van der Waals surface area contributed by atoms with Gasteiger partial charge in [-0.05, 0) is 49.0 Å². The zero-order valence-electron chi connectivity index (χ0n) is 13.2. The van der Waals surface area contributed by atoms with Crippen molar-refractivity contribution >= 4 is 50.9 Å². The number of halogens is 4. The summed E-state index contributed by atoms with van der Waals surface area (Å²) in [7, 11) is 0. The molecule has 0 saturated heterocycles. The van der Waals surface area contributed by atoms with Crippen LogP contribution in [0.5, 0.6) is 0 Å². The Hall–Kier alpha value is -1.08. The molecule has 0 spiro atoms. The maximum absolute atomic E-state index is 6.39. The summed E-state index contributed by atoms with van der Waals surface area (Å²) in [6.45, 7) is 2.48. The molecule has 0 aliphatic rings. The van der Waals surface area contributed by atoms with Gasteiger partial charge in [0.25, 0.3) is 0 Å². The second kappa shape index (κ2) is 8.54. The third-order valence-corrected chi connectivity index (χ3v) is 4.91. The lowest BCUT2D eigenvalue weighted by Crippen LogP contribution is -2.03. The zero-order valence-corrected chi connectivity index (χ0v) is 17.0. The number of hydrogen-bond donors (Lipinski definition) is 1. The molecule has 0 atom stereocenters. The number of benzene rings is 2. The summed E-state index contributed by atoms with van der Waals surface area (Å²) in [5.74, 6) is 0. The maximum Gasteiger partial charge on any atom is 0.0840 e. The van der Waals surface area contributed by atoms with Crippen molar-refractivity contribution in [2.45, 2.75) is 13.5 Å². The molecule has 0 fully saturated rings. The summed E-state index contributed by atoms with van der Waals surface area (Å²) in [4.78, 5) is 2.64. The van der Waals surface area contributed by atoms with E-state index in [1.807, 2.05) is 41.9 Å². The van der Waals surface area contributed by atoms with Crippen LogP contribution < -0.4 is 4.84 Å². The highest BCUT2D eigenvalue weighted by Crippen LogP contribution is 2.33. The topological polar surface area (TPSA) is 61.4 Å². The molecule has 25 heavy (non-hydrogen) atoms. The molecular weight excluding hydrogens is 448 g/mol. The largest absolute Gasteiger partial charge is 0.412 e. The number of hydrogen-bond acceptors (Lipinski definition) is 2. The van der Waals surface area contributed by atoms with Crippen LogP contribution in [0.25, 0.3) is 16.9 Å². The van der Waals surface area contributed by atoms with Crippen molar-refractivity contribution in [3.63, 3.8) is 0 Å². The van der Waals surface area contributed by atoms with E-state index in [-0.39, 0.29) is 5.48 Å². The van der Waals surface area contributed by atoms with Crippen LogP contribution in [-0.4, -0.2) is 15.3 Å². The van der Waals surface area contributed by atoms with E-state index in [1.54, 1.807) is 12.1 Å². The van der Waals surface area contributed by atoms with Gasteiger partial charge in [0.2, 0.25) is 0 Å². The van der Waals surface area contributed by atoms with E-state index >= 15 is 0 Å². The minimum Gasteiger partial charge on any atom is -0.412 e. The molecule has 4 nitrogen and oxygen atoms in total. The van der Waals surface area contributed by atoms with Gasteiger partial charge in [-0.25, -0.2) is 9.52 Å². The molecule has 8 heteroatoms. The van der Waals surface area contributed by atoms with Crippen molar-refractivity contribution in [3.05, 3.63) is 68.2 Å². The highest BCUT2D eigenvalue weighted by molar-refractivity contribution is 9.10. The van der Waals surface area contributed by atoms with Crippen LogP contribution >= 0.6 is 50.9 Å². The highest BCUT2D eigenvalue weighted by atomic mass is 79.9. The van der Waals surface area contributed by atoms with Gasteiger partial charge in [0.1, 0.15) is 0 Å². The Morgan fingerprint density at radius 3 is 2.40 bits per heavy atom. The third kappa shape index (κ3) is 4.19. The van der Waals surface area contributed by atoms with Gasteiger partial charge in [-0.1, -0.05) is 51.3 Å². The van der Waals surface area contributed by atoms with Crippen LogP contribution in [0, 0.1) is 6.92 Å². The Balaban J connectivity index is 0.00000225. The summed E-state index contributed by atoms with van der Waals surface area (Å²) >= 11 is 21.6. The molecule has 1 aromatic heterocycles. The summed E-state index contributed by atoms with van der Waals surface area (Å²) in [5.41, 5.74) is 4.66. The predicted octanol–water partition coefficient (Wildman–Crippen LogP) is 5.34. The SMILES string of the molecule is Cc1c(CNCl)nn(-c2ccc(Cl)cc2Cl)c1-c1ccc(Br)cc1.O. The van der Waals surface area contributed by atoms with Crippen molar-refractivity contribution < 1.29 is 5.48 Å². The molecule has 0 aliphatic carbocycles. The van der Waals surface area contributed by atoms with E-state index in [1.165, 1.54) is 0 Å². The van der Waals surface area contributed by atoms with E-state index in [9.17, 15) is 0 Å². The van der Waals surface area contributed by atoms with Gasteiger partial charge < -0.3 is 5.48 Å². The van der Waals surface area contributed by atoms with Gasteiger partial charge >= 0.3 is 0 Å². The fourth-order valence-corrected chi connectivity index (χ4v) is 3.43. The molecule has 2 aromatic carbocycles. The molecule has 0 radical (unpaired) electrons. The van der Waals surface area contributed by atoms with E-state index in [2.05, 4.69) is 25.9 Å². The summed E-state index contributed by atoms with van der Waals surface area (Å²) in [6.07, 6.45) is 0. The van der Waals surface area contributed by atoms with E-state index in [4.69, 9.17) is 35.0 Å². The number of nitrogens with zero attached hydrogens (tertiary/aromatic N) is 2. The number of rotatable bonds is 4. The Kier molecular flexibility index (Phi) is 6.91. The smallest absolute Gasteiger partial charge is 0.0840 e. The van der Waals surface area contributed by atoms with Crippen LogP contribution in [0.4, 0.5) is 0 Å². The standard InChI is InChI=1S/C17H13BrCl3N3.H2O/c1-10-15(9-22-21)23-24(16-7-6-13(19)8-14(16)20)17(10)11-2-4-12(18)5-3-11;/h2-8,22H,9H2,1H3;1H2. The second-order valence-electron chi connectivity index (χ2n) is 5.25. The van der Waals surface area contributed by atoms with Crippen molar-refractivity contribution in [2.24, 2.45) is 0 Å². The van der Waals surface area contributed by atoms with Gasteiger partial charge in [0.05, 0.1) is 28.6 Å². The summed E-state index contributed by atoms with van der Waals surface area (Å²) in [5, 5.41) is 5.81. The van der Waals surface area contributed by atoms with E-state index in [0.717, 1.165) is 32.7 Å². The van der Waals surface area contributed by atoms with Crippen molar-refractivity contribution in [1.82, 2.24) is 14.6 Å². The zero-order chi connectivity index (χ0) is 17.3. The lowest BCUT2D eigenvalue weighted by Gasteiger charge is -2.11. The molecule has 0 aliphatic heterocycles. The quantitative estimate of drug-likeness (QED) is 0.531. The number of aromatic nitrogens is 2. The molecule has 3 rings (SSSR count). The Bertz CT molecular complexity index is 882. The van der Waals surface area contributed by atoms with Crippen molar-refractivity contribution in [3.8, 4) is 16.9 Å². The van der Waals surface area contributed by atoms with Crippen LogP contribution in [0.3, 0.4) is 0 Å². The fourth-order valence-electron chi connectivity index (χ4n) is 2.55. The van der Waals surface area contributed by atoms with Crippen molar-refractivity contribution in [1.29, 1.82) is 0 Å². The lowest BCUT2D eigenvalue weighted by molar-refractivity contribution is 0.816. The first kappa shape index (κ1) is 20.2. The Labute approximate surface area is 169 Å². The van der Waals surface area contributed by atoms with Gasteiger partial charge in [0.15, 0.2) is 0 Å². The van der Waals surface area contributed by atoms with Gasteiger partial charge in [-0.15, -0.1) is 0 Å². The average molecular weight is 464 g/mol. The monoisotopic (exact) mass is 461 g/mol. The van der Waals surface area contributed by atoms with Gasteiger partial charge in [-0.3, -0.25) is 0 Å². The number of nitrogens with one attached hydrogen (secondary N) is 1. The van der Waals surface area contributed by atoms with E-state index in [0.29, 0.717) is 16.6 Å². The Morgan fingerprint density at radius 1 is 1.12 bits per heavy atom. The lowest BCUT2D eigenvalue weighted by atomic mass is 10.1. The van der Waals surface area contributed by atoms with Crippen LogP contribution in [0.2, 0.25) is 10.0 Å².